The van der Waals surface area contributed by atoms with E-state index >= 15 is 0 Å². The van der Waals surface area contributed by atoms with Crippen molar-refractivity contribution in [3.05, 3.63) is 0 Å². The highest BCUT2D eigenvalue weighted by atomic mass is 16.4. The van der Waals surface area contributed by atoms with Crippen molar-refractivity contribution in [2.24, 2.45) is 16.7 Å². The second kappa shape index (κ2) is 16.0. The van der Waals surface area contributed by atoms with Crippen molar-refractivity contribution in [2.75, 3.05) is 6.54 Å². The summed E-state index contributed by atoms with van der Waals surface area (Å²) in [5.41, 5.74) is -1.31. The van der Waals surface area contributed by atoms with Crippen LogP contribution in [-0.4, -0.2) is 64.4 Å². The number of hydrogen-bond acceptors (Lipinski definition) is 6. The predicted octanol–water partition coefficient (Wildman–Crippen LogP) is 4.82. The molecule has 0 fully saturated rings. The van der Waals surface area contributed by atoms with Gasteiger partial charge in [0, 0.05) is 22.9 Å². The summed E-state index contributed by atoms with van der Waals surface area (Å²) in [5.74, 6) is -1.51. The Hall–Kier alpha value is -2.00. The minimum Gasteiger partial charge on any atom is -0.480 e. The molecule has 0 unspecified atom stereocenters. The van der Waals surface area contributed by atoms with Crippen molar-refractivity contribution in [1.29, 1.82) is 0 Å². The predicted molar refractivity (Wildman–Crippen MR) is 167 cm³/mol. The first kappa shape index (κ1) is 39.0. The van der Waals surface area contributed by atoms with Gasteiger partial charge in [-0.15, -0.1) is 0 Å². The van der Waals surface area contributed by atoms with Gasteiger partial charge < -0.3 is 21.1 Å². The molecule has 5 N–H and O–H groups in total. The molecule has 41 heavy (non-hydrogen) atoms. The number of nitrogens with one attached hydrogen (secondary N) is 4. The van der Waals surface area contributed by atoms with Gasteiger partial charge in [0.15, 0.2) is 5.78 Å². The van der Waals surface area contributed by atoms with Crippen molar-refractivity contribution in [3.63, 3.8) is 0 Å². The lowest BCUT2D eigenvalue weighted by molar-refractivity contribution is -0.140. The van der Waals surface area contributed by atoms with E-state index in [1.807, 2.05) is 69.2 Å². The van der Waals surface area contributed by atoms with E-state index in [0.717, 1.165) is 25.8 Å². The van der Waals surface area contributed by atoms with E-state index in [1.165, 1.54) is 0 Å². The van der Waals surface area contributed by atoms with Crippen LogP contribution in [0.3, 0.4) is 0 Å². The van der Waals surface area contributed by atoms with E-state index in [4.69, 9.17) is 0 Å². The Kier molecular flexibility index (Phi) is 15.2. The SMILES string of the molecule is CC(C)[C@H](NC(=O)CC(C)(C)C)C(=O)N[C@@H](C)C(=O)C(C)(C)CCC(C)(C)NCCCC[C@@H](NC(C)(C)C)C(=O)O. The standard InChI is InChI=1S/C32H62N4O5/c1-21(2)25(35-24(37)20-29(4,5)6)27(39)34-22(3)26(38)31(10,11)17-18-32(12,13)33-19-15-14-16-23(28(40)41)36-30(7,8)9/h21-23,25,33,36H,14-20H2,1-13H3,(H,34,39)(H,35,37)(H,40,41)/t22-,23+,25-/m0/s1. The Bertz CT molecular complexity index is 868. The lowest BCUT2D eigenvalue weighted by Crippen LogP contribution is -2.54. The van der Waals surface area contributed by atoms with Gasteiger partial charge in [0.1, 0.15) is 12.1 Å². The number of carbonyl (C=O) groups is 4. The molecule has 240 valence electrons. The van der Waals surface area contributed by atoms with Crippen LogP contribution >= 0.6 is 0 Å². The fourth-order valence-electron chi connectivity index (χ4n) is 4.71. The minimum atomic E-state index is -0.824. The van der Waals surface area contributed by atoms with Crippen LogP contribution in [0.25, 0.3) is 0 Å². The number of carbonyl (C=O) groups excluding carboxylic acids is 3. The minimum absolute atomic E-state index is 0.0452. The Balaban J connectivity index is 4.87. The first-order chi connectivity index (χ1) is 18.4. The number of carboxylic acid groups (broad SMARTS) is 1. The highest BCUT2D eigenvalue weighted by Crippen LogP contribution is 2.29. The molecule has 0 rings (SSSR count). The zero-order valence-corrected chi connectivity index (χ0v) is 28.3. The number of Topliss-reactive ketones (excluding diaryl/α,β-unsaturated/α-hetero) is 1. The number of aliphatic carboxylic acids is 1. The van der Waals surface area contributed by atoms with E-state index in [-0.39, 0.29) is 40.0 Å². The van der Waals surface area contributed by atoms with Crippen molar-refractivity contribution >= 4 is 23.6 Å². The second-order valence-corrected chi connectivity index (χ2v) is 15.6. The summed E-state index contributed by atoms with van der Waals surface area (Å²) in [4.78, 5) is 50.4. The van der Waals surface area contributed by atoms with Gasteiger partial charge in [-0.1, -0.05) is 54.9 Å². The third kappa shape index (κ3) is 16.9. The normalized spacial score (nSPS) is 15.3. The van der Waals surface area contributed by atoms with E-state index in [0.29, 0.717) is 19.3 Å². The molecule has 0 aliphatic carbocycles. The number of rotatable bonds is 18. The average Bonchev–Trinajstić information content (AvgIpc) is 2.77. The fraction of sp³-hybridized carbons (Fsp3) is 0.875. The number of ketones is 1. The summed E-state index contributed by atoms with van der Waals surface area (Å²) in [5, 5.41) is 21.9. The summed E-state index contributed by atoms with van der Waals surface area (Å²) < 4.78 is 0. The maximum Gasteiger partial charge on any atom is 0.320 e. The van der Waals surface area contributed by atoms with Crippen LogP contribution in [-0.2, 0) is 19.2 Å². The topological polar surface area (TPSA) is 137 Å². The smallest absolute Gasteiger partial charge is 0.320 e. The third-order valence-corrected chi connectivity index (χ3v) is 7.18. The number of unbranched alkanes of at least 4 members (excludes halogenated alkanes) is 1. The number of hydrogen-bond donors (Lipinski definition) is 5. The quantitative estimate of drug-likeness (QED) is 0.146. The van der Waals surface area contributed by atoms with Crippen LogP contribution in [0.15, 0.2) is 0 Å². The first-order valence-electron chi connectivity index (χ1n) is 15.3. The lowest BCUT2D eigenvalue weighted by atomic mass is 9.77. The molecule has 2 amide bonds. The molecular weight excluding hydrogens is 520 g/mol. The number of amides is 2. The lowest BCUT2D eigenvalue weighted by Gasteiger charge is -2.33. The Labute approximate surface area is 250 Å². The third-order valence-electron chi connectivity index (χ3n) is 7.18. The second-order valence-electron chi connectivity index (χ2n) is 15.6. The van der Waals surface area contributed by atoms with Gasteiger partial charge in [-0.25, -0.2) is 0 Å². The van der Waals surface area contributed by atoms with Gasteiger partial charge in [-0.05, 0) is 85.1 Å². The summed E-state index contributed by atoms with van der Waals surface area (Å²) in [7, 11) is 0. The van der Waals surface area contributed by atoms with Crippen LogP contribution in [0.4, 0.5) is 0 Å². The molecule has 0 bridgehead atoms. The van der Waals surface area contributed by atoms with Crippen LogP contribution in [0.5, 0.6) is 0 Å². The Morgan fingerprint density at radius 2 is 1.34 bits per heavy atom. The maximum atomic E-state index is 13.4. The Morgan fingerprint density at radius 1 is 0.780 bits per heavy atom. The first-order valence-corrected chi connectivity index (χ1v) is 15.3. The summed E-state index contributed by atoms with van der Waals surface area (Å²) in [6.45, 7) is 26.1. The summed E-state index contributed by atoms with van der Waals surface area (Å²) >= 11 is 0. The van der Waals surface area contributed by atoms with Crippen molar-refractivity contribution in [3.8, 4) is 0 Å². The van der Waals surface area contributed by atoms with Crippen LogP contribution in [0.2, 0.25) is 0 Å². The molecule has 0 aromatic heterocycles. The van der Waals surface area contributed by atoms with Crippen LogP contribution in [0.1, 0.15) is 129 Å². The van der Waals surface area contributed by atoms with Crippen molar-refractivity contribution in [1.82, 2.24) is 21.3 Å². The molecule has 0 radical (unpaired) electrons. The Morgan fingerprint density at radius 3 is 1.80 bits per heavy atom. The van der Waals surface area contributed by atoms with E-state index in [1.54, 1.807) is 6.92 Å². The molecule has 0 spiro atoms. The molecule has 0 aromatic carbocycles. The molecule has 3 atom stereocenters. The van der Waals surface area contributed by atoms with E-state index < -0.39 is 29.5 Å². The van der Waals surface area contributed by atoms with E-state index in [2.05, 4.69) is 35.1 Å². The average molecular weight is 583 g/mol. The van der Waals surface area contributed by atoms with Gasteiger partial charge in [0.25, 0.3) is 0 Å². The molecular formula is C32H62N4O5. The van der Waals surface area contributed by atoms with Gasteiger partial charge in [-0.2, -0.15) is 0 Å². The summed E-state index contributed by atoms with van der Waals surface area (Å²) in [6, 6.07) is -1.95. The molecule has 0 aliphatic rings. The molecule has 0 aromatic rings. The maximum absolute atomic E-state index is 13.4. The number of carboxylic acids is 1. The zero-order chi connectivity index (χ0) is 32.4. The summed E-state index contributed by atoms with van der Waals surface area (Å²) in [6.07, 6.45) is 3.92. The van der Waals surface area contributed by atoms with Crippen molar-refractivity contribution in [2.45, 2.75) is 158 Å². The monoisotopic (exact) mass is 582 g/mol. The molecule has 0 saturated heterocycles. The van der Waals surface area contributed by atoms with Gasteiger partial charge in [0.2, 0.25) is 11.8 Å². The fourth-order valence-corrected chi connectivity index (χ4v) is 4.71. The molecule has 9 nitrogen and oxygen atoms in total. The van der Waals surface area contributed by atoms with Crippen LogP contribution in [0, 0.1) is 16.7 Å². The zero-order valence-electron chi connectivity index (χ0n) is 28.3. The van der Waals surface area contributed by atoms with Gasteiger partial charge in [-0.3, -0.25) is 24.5 Å². The van der Waals surface area contributed by atoms with E-state index in [9.17, 15) is 24.3 Å². The van der Waals surface area contributed by atoms with Gasteiger partial charge >= 0.3 is 5.97 Å². The molecule has 0 heterocycles. The van der Waals surface area contributed by atoms with Crippen LogP contribution < -0.4 is 21.3 Å². The molecule has 0 saturated carbocycles. The van der Waals surface area contributed by atoms with Crippen molar-refractivity contribution < 1.29 is 24.3 Å². The highest BCUT2D eigenvalue weighted by molar-refractivity contribution is 5.94. The molecule has 9 heteroatoms. The largest absolute Gasteiger partial charge is 0.480 e. The van der Waals surface area contributed by atoms with Gasteiger partial charge in [0.05, 0.1) is 6.04 Å². The highest BCUT2D eigenvalue weighted by Gasteiger charge is 2.35. The molecule has 0 aliphatic heterocycles.